The zero-order chi connectivity index (χ0) is 19.8. The molecule has 0 aliphatic rings. The number of halogens is 1. The Kier molecular flexibility index (Phi) is 4.05. The number of imidazole rings is 1. The summed E-state index contributed by atoms with van der Waals surface area (Å²) in [6.45, 7) is 0. The van der Waals surface area contributed by atoms with Gasteiger partial charge in [-0.25, -0.2) is 15.0 Å². The van der Waals surface area contributed by atoms with Gasteiger partial charge in [-0.2, -0.15) is 4.39 Å². The first-order valence-electron chi connectivity index (χ1n) is 9.00. The number of hydrogen-bond donors (Lipinski definition) is 1. The van der Waals surface area contributed by atoms with Crippen LogP contribution in [0.1, 0.15) is 11.5 Å². The average molecular weight is 386 g/mol. The fourth-order valence-corrected chi connectivity index (χ4v) is 3.27. The Morgan fingerprint density at radius 1 is 1.00 bits per heavy atom. The van der Waals surface area contributed by atoms with Gasteiger partial charge in [0.05, 0.1) is 18.4 Å². The topological polar surface area (TPSA) is 76.5 Å². The molecular formula is C22H15FN4O2. The molecule has 0 bridgehead atoms. The van der Waals surface area contributed by atoms with Crippen LogP contribution in [0.5, 0.6) is 5.88 Å². The highest BCUT2D eigenvalue weighted by atomic mass is 19.1. The molecule has 142 valence electrons. The Hall–Kier alpha value is -4.00. The molecular weight excluding hydrogens is 371 g/mol. The molecule has 0 aliphatic carbocycles. The molecule has 0 fully saturated rings. The van der Waals surface area contributed by atoms with Crippen molar-refractivity contribution in [2.45, 2.75) is 6.42 Å². The normalized spacial score (nSPS) is 11.2. The molecule has 1 aromatic carbocycles. The molecule has 5 aromatic rings. The fraction of sp³-hybridized carbons (Fsp3) is 0.0455. The Morgan fingerprint density at radius 3 is 2.62 bits per heavy atom. The van der Waals surface area contributed by atoms with E-state index in [0.717, 1.165) is 5.56 Å². The summed E-state index contributed by atoms with van der Waals surface area (Å²) in [5.74, 6) is 0.0577. The van der Waals surface area contributed by atoms with E-state index in [4.69, 9.17) is 9.40 Å². The largest absolute Gasteiger partial charge is 0.493 e. The van der Waals surface area contributed by atoms with Gasteiger partial charge in [0, 0.05) is 29.6 Å². The van der Waals surface area contributed by atoms with E-state index in [9.17, 15) is 9.50 Å². The molecule has 29 heavy (non-hydrogen) atoms. The Bertz CT molecular complexity index is 1300. The van der Waals surface area contributed by atoms with Gasteiger partial charge in [0.2, 0.25) is 11.8 Å². The van der Waals surface area contributed by atoms with Crippen LogP contribution in [-0.4, -0.2) is 24.5 Å². The minimum Gasteiger partial charge on any atom is -0.493 e. The summed E-state index contributed by atoms with van der Waals surface area (Å²) in [4.78, 5) is 12.9. The molecule has 0 saturated carbocycles. The fourth-order valence-electron chi connectivity index (χ4n) is 3.27. The van der Waals surface area contributed by atoms with Crippen molar-refractivity contribution < 1.29 is 13.9 Å². The van der Waals surface area contributed by atoms with Crippen molar-refractivity contribution in [1.82, 2.24) is 19.4 Å². The number of nitrogens with zero attached hydrogens (tertiary/aromatic N) is 4. The Labute approximate surface area is 164 Å². The summed E-state index contributed by atoms with van der Waals surface area (Å²) >= 11 is 0. The van der Waals surface area contributed by atoms with Crippen LogP contribution in [0.3, 0.4) is 0 Å². The van der Waals surface area contributed by atoms with Crippen LogP contribution >= 0.6 is 0 Å². The molecule has 1 N–H and O–H groups in total. The lowest BCUT2D eigenvalue weighted by Gasteiger charge is -2.08. The first-order chi connectivity index (χ1) is 14.2. The summed E-state index contributed by atoms with van der Waals surface area (Å²) < 4.78 is 20.7. The third-order valence-corrected chi connectivity index (χ3v) is 4.64. The van der Waals surface area contributed by atoms with Gasteiger partial charge in [-0.15, -0.1) is 0 Å². The van der Waals surface area contributed by atoms with E-state index in [-0.39, 0.29) is 5.88 Å². The van der Waals surface area contributed by atoms with Crippen molar-refractivity contribution in [3.63, 3.8) is 0 Å². The molecule has 4 aromatic heterocycles. The van der Waals surface area contributed by atoms with Gasteiger partial charge >= 0.3 is 0 Å². The van der Waals surface area contributed by atoms with Crippen molar-refractivity contribution in [3.05, 3.63) is 90.7 Å². The second-order valence-electron chi connectivity index (χ2n) is 6.54. The van der Waals surface area contributed by atoms with Crippen molar-refractivity contribution in [2.24, 2.45) is 0 Å². The van der Waals surface area contributed by atoms with Crippen LogP contribution in [0, 0.1) is 5.95 Å². The molecule has 0 atom stereocenters. The zero-order valence-corrected chi connectivity index (χ0v) is 15.2. The van der Waals surface area contributed by atoms with Crippen molar-refractivity contribution >= 4 is 5.65 Å². The highest BCUT2D eigenvalue weighted by Crippen LogP contribution is 2.31. The molecule has 6 nitrogen and oxygen atoms in total. The first kappa shape index (κ1) is 17.1. The van der Waals surface area contributed by atoms with E-state index >= 15 is 0 Å². The van der Waals surface area contributed by atoms with Crippen molar-refractivity contribution in [1.29, 1.82) is 0 Å². The van der Waals surface area contributed by atoms with Crippen LogP contribution in [0.4, 0.5) is 4.39 Å². The number of pyridine rings is 1. The van der Waals surface area contributed by atoms with Gasteiger partial charge in [0.25, 0.3) is 0 Å². The zero-order valence-electron chi connectivity index (χ0n) is 15.2. The Balaban J connectivity index is 1.76. The molecule has 4 heterocycles. The predicted octanol–water partition coefficient (Wildman–Crippen LogP) is 4.49. The van der Waals surface area contributed by atoms with Crippen LogP contribution in [-0.2, 0) is 6.42 Å². The Morgan fingerprint density at radius 2 is 1.86 bits per heavy atom. The molecule has 7 heteroatoms. The van der Waals surface area contributed by atoms with Gasteiger partial charge in [0.15, 0.2) is 5.65 Å². The predicted molar refractivity (Wildman–Crippen MR) is 105 cm³/mol. The molecule has 0 aliphatic heterocycles. The molecule has 0 spiro atoms. The molecule has 0 amide bonds. The highest BCUT2D eigenvalue weighted by molar-refractivity contribution is 5.77. The van der Waals surface area contributed by atoms with Gasteiger partial charge in [-0.1, -0.05) is 30.3 Å². The van der Waals surface area contributed by atoms with E-state index in [1.165, 1.54) is 12.3 Å². The maximum Gasteiger partial charge on any atom is 0.219 e. The summed E-state index contributed by atoms with van der Waals surface area (Å²) in [6, 6.07) is 16.1. The minimum atomic E-state index is -0.612. The van der Waals surface area contributed by atoms with E-state index in [1.807, 2.05) is 36.4 Å². The molecule has 0 saturated heterocycles. The maximum atomic E-state index is 13.8. The molecule has 5 rings (SSSR count). The average Bonchev–Trinajstić information content (AvgIpc) is 3.37. The number of aromatic hydroxyl groups is 1. The maximum absolute atomic E-state index is 13.8. The lowest BCUT2D eigenvalue weighted by atomic mass is 10.1. The second-order valence-corrected chi connectivity index (χ2v) is 6.54. The summed E-state index contributed by atoms with van der Waals surface area (Å²) in [6.07, 6.45) is 5.00. The third-order valence-electron chi connectivity index (χ3n) is 4.64. The van der Waals surface area contributed by atoms with Crippen LogP contribution in [0.25, 0.3) is 28.2 Å². The lowest BCUT2D eigenvalue weighted by Crippen LogP contribution is -1.97. The molecule has 0 radical (unpaired) electrons. The quantitative estimate of drug-likeness (QED) is 0.461. The molecule has 0 unspecified atom stereocenters. The second kappa shape index (κ2) is 6.87. The third kappa shape index (κ3) is 3.12. The highest BCUT2D eigenvalue weighted by Gasteiger charge is 2.19. The summed E-state index contributed by atoms with van der Waals surface area (Å²) in [7, 11) is 0. The lowest BCUT2D eigenvalue weighted by molar-refractivity contribution is 0.438. The van der Waals surface area contributed by atoms with Crippen LogP contribution in [0.15, 0.2) is 77.7 Å². The standard InChI is InChI=1S/C22H15FN4O2/c23-19-11-15(8-9-24-19)20-21-26-17(12-16-7-4-10-29-16)22(28)27(21)13-18(25-20)14-5-2-1-3-6-14/h1-11,13,28H,12H2. The van der Waals surface area contributed by atoms with Crippen LogP contribution < -0.4 is 0 Å². The van der Waals surface area contributed by atoms with Gasteiger partial charge in [-0.05, 0) is 18.2 Å². The van der Waals surface area contributed by atoms with E-state index in [0.29, 0.717) is 40.5 Å². The van der Waals surface area contributed by atoms with Crippen molar-refractivity contribution in [3.8, 4) is 28.4 Å². The van der Waals surface area contributed by atoms with E-state index < -0.39 is 5.95 Å². The summed E-state index contributed by atoms with van der Waals surface area (Å²) in [5, 5.41) is 10.8. The smallest absolute Gasteiger partial charge is 0.219 e. The van der Waals surface area contributed by atoms with Gasteiger partial charge in [0.1, 0.15) is 17.1 Å². The number of aromatic nitrogens is 4. The van der Waals surface area contributed by atoms with Gasteiger partial charge < -0.3 is 9.52 Å². The van der Waals surface area contributed by atoms with Crippen LogP contribution in [0.2, 0.25) is 0 Å². The number of hydrogen-bond acceptors (Lipinski definition) is 5. The number of rotatable bonds is 4. The first-order valence-corrected chi connectivity index (χ1v) is 9.00. The SMILES string of the molecule is Oc1c(Cc2ccco2)nc2c(-c3ccnc(F)c3)nc(-c3ccccc3)cn12. The van der Waals surface area contributed by atoms with E-state index in [2.05, 4.69) is 9.97 Å². The number of benzene rings is 1. The van der Waals surface area contributed by atoms with Crippen molar-refractivity contribution in [2.75, 3.05) is 0 Å². The number of furan rings is 1. The van der Waals surface area contributed by atoms with E-state index in [1.54, 1.807) is 29.0 Å². The minimum absolute atomic E-state index is 0.00763. The van der Waals surface area contributed by atoms with Gasteiger partial charge in [-0.3, -0.25) is 4.40 Å². The summed E-state index contributed by atoms with van der Waals surface area (Å²) in [5.41, 5.74) is 3.34. The number of fused-ring (bicyclic) bond motifs is 1. The monoisotopic (exact) mass is 386 g/mol.